The van der Waals surface area contributed by atoms with Crippen LogP contribution < -0.4 is 0 Å². The van der Waals surface area contributed by atoms with Gasteiger partial charge in [0.25, 0.3) is 0 Å². The van der Waals surface area contributed by atoms with Gasteiger partial charge >= 0.3 is 0 Å². The van der Waals surface area contributed by atoms with Crippen LogP contribution in [0.3, 0.4) is 0 Å². The summed E-state index contributed by atoms with van der Waals surface area (Å²) in [5, 5.41) is 0. The Morgan fingerprint density at radius 3 is 2.56 bits per heavy atom. The van der Waals surface area contributed by atoms with Gasteiger partial charge in [-0.15, -0.1) is 0 Å². The summed E-state index contributed by atoms with van der Waals surface area (Å²) in [6.45, 7) is 5.24. The fourth-order valence-corrected chi connectivity index (χ4v) is 0.350. The van der Waals surface area contributed by atoms with Crippen LogP contribution in [0.15, 0.2) is 24.9 Å². The molecule has 0 aromatic heterocycles. The third-order valence-electron chi connectivity index (χ3n) is 0.931. The number of hydrogen-bond donors (Lipinski definition) is 0. The highest BCUT2D eigenvalue weighted by molar-refractivity contribution is 5.87. The monoisotopic (exact) mass is 125 g/mol. The lowest BCUT2D eigenvalue weighted by atomic mass is 10.5. The van der Waals surface area contributed by atoms with Crippen LogP contribution in [0.4, 0.5) is 0 Å². The first-order valence-corrected chi connectivity index (χ1v) is 2.74. The molecule has 2 heteroatoms. The Balaban J connectivity index is 3.87. The Morgan fingerprint density at radius 2 is 2.22 bits per heavy atom. The van der Waals surface area contributed by atoms with Gasteiger partial charge < -0.3 is 4.90 Å². The van der Waals surface area contributed by atoms with Crippen LogP contribution in [0.5, 0.6) is 0 Å². The SMILES string of the molecule is C=CN(C)C(=O)/C=C/C. The van der Waals surface area contributed by atoms with Crippen molar-refractivity contribution in [3.05, 3.63) is 24.9 Å². The largest absolute Gasteiger partial charge is 0.319 e. The number of allylic oxidation sites excluding steroid dienone is 1. The van der Waals surface area contributed by atoms with Gasteiger partial charge in [-0.3, -0.25) is 4.79 Å². The fourth-order valence-electron chi connectivity index (χ4n) is 0.350. The molecule has 0 unspecified atom stereocenters. The van der Waals surface area contributed by atoms with Crippen molar-refractivity contribution in [1.29, 1.82) is 0 Å². The molecule has 0 aromatic rings. The van der Waals surface area contributed by atoms with Crippen molar-refractivity contribution in [3.63, 3.8) is 0 Å². The minimum Gasteiger partial charge on any atom is -0.319 e. The van der Waals surface area contributed by atoms with Crippen molar-refractivity contribution in [1.82, 2.24) is 4.90 Å². The number of carbonyl (C=O) groups is 1. The third kappa shape index (κ3) is 2.69. The van der Waals surface area contributed by atoms with E-state index in [2.05, 4.69) is 6.58 Å². The lowest BCUT2D eigenvalue weighted by molar-refractivity contribution is -0.122. The van der Waals surface area contributed by atoms with E-state index in [1.165, 1.54) is 17.2 Å². The van der Waals surface area contributed by atoms with E-state index in [1.807, 2.05) is 0 Å². The summed E-state index contributed by atoms with van der Waals surface area (Å²) in [5.41, 5.74) is 0. The average Bonchev–Trinajstić information content (AvgIpc) is 1.87. The summed E-state index contributed by atoms with van der Waals surface area (Å²) in [4.78, 5) is 12.2. The maximum Gasteiger partial charge on any atom is 0.249 e. The number of hydrogen-bond acceptors (Lipinski definition) is 1. The quantitative estimate of drug-likeness (QED) is 0.507. The first kappa shape index (κ1) is 7.95. The highest BCUT2D eigenvalue weighted by Gasteiger charge is 1.95. The predicted molar refractivity (Wildman–Crippen MR) is 37.8 cm³/mol. The van der Waals surface area contributed by atoms with Crippen LogP contribution in [0.1, 0.15) is 6.92 Å². The van der Waals surface area contributed by atoms with Crippen LogP contribution >= 0.6 is 0 Å². The first-order chi connectivity index (χ1) is 4.22. The molecule has 0 heterocycles. The zero-order chi connectivity index (χ0) is 7.28. The molecule has 9 heavy (non-hydrogen) atoms. The molecule has 0 fully saturated rings. The number of amides is 1. The standard InChI is InChI=1S/C7H11NO/c1-4-6-7(9)8(3)5-2/h4-6H,2H2,1,3H3/b6-4+. The molecule has 0 saturated carbocycles. The second-order valence-corrected chi connectivity index (χ2v) is 1.63. The molecule has 0 aliphatic carbocycles. The molecule has 1 amide bonds. The Bertz CT molecular complexity index is 138. The Morgan fingerprint density at radius 1 is 1.67 bits per heavy atom. The summed E-state index contributed by atoms with van der Waals surface area (Å²) < 4.78 is 0. The number of carbonyl (C=O) groups excluding carboxylic acids is 1. The zero-order valence-corrected chi connectivity index (χ0v) is 5.79. The van der Waals surface area contributed by atoms with E-state index in [-0.39, 0.29) is 5.91 Å². The van der Waals surface area contributed by atoms with Gasteiger partial charge in [0.05, 0.1) is 0 Å². The van der Waals surface area contributed by atoms with Crippen molar-refractivity contribution in [2.45, 2.75) is 6.92 Å². The fraction of sp³-hybridized carbons (Fsp3) is 0.286. The topological polar surface area (TPSA) is 20.3 Å². The van der Waals surface area contributed by atoms with Gasteiger partial charge in [-0.2, -0.15) is 0 Å². The molecule has 0 saturated heterocycles. The Hall–Kier alpha value is -1.05. The van der Waals surface area contributed by atoms with Gasteiger partial charge in [0.1, 0.15) is 0 Å². The van der Waals surface area contributed by atoms with E-state index in [9.17, 15) is 4.79 Å². The van der Waals surface area contributed by atoms with Crippen LogP contribution in [0.2, 0.25) is 0 Å². The molecule has 0 N–H and O–H groups in total. The first-order valence-electron chi connectivity index (χ1n) is 2.74. The molecule has 0 spiro atoms. The van der Waals surface area contributed by atoms with Crippen molar-refractivity contribution < 1.29 is 4.79 Å². The molecule has 0 rings (SSSR count). The molecule has 0 bridgehead atoms. The van der Waals surface area contributed by atoms with Crippen molar-refractivity contribution in [3.8, 4) is 0 Å². The number of rotatable bonds is 2. The summed E-state index contributed by atoms with van der Waals surface area (Å²) in [7, 11) is 1.66. The van der Waals surface area contributed by atoms with Crippen LogP contribution in [-0.4, -0.2) is 17.9 Å². The normalized spacial score (nSPS) is 9.56. The number of nitrogens with zero attached hydrogens (tertiary/aromatic N) is 1. The molecular weight excluding hydrogens is 114 g/mol. The van der Waals surface area contributed by atoms with Crippen molar-refractivity contribution in [2.75, 3.05) is 7.05 Å². The zero-order valence-electron chi connectivity index (χ0n) is 5.79. The maximum absolute atomic E-state index is 10.7. The van der Waals surface area contributed by atoms with Gasteiger partial charge in [0, 0.05) is 7.05 Å². The summed E-state index contributed by atoms with van der Waals surface area (Å²) in [6, 6.07) is 0. The lowest BCUT2D eigenvalue weighted by Gasteiger charge is -2.05. The minimum absolute atomic E-state index is 0.0486. The summed E-state index contributed by atoms with van der Waals surface area (Å²) >= 11 is 0. The second kappa shape index (κ2) is 3.89. The van der Waals surface area contributed by atoms with Crippen molar-refractivity contribution >= 4 is 5.91 Å². The highest BCUT2D eigenvalue weighted by atomic mass is 16.2. The summed E-state index contributed by atoms with van der Waals surface area (Å²) in [6.07, 6.45) is 4.66. The lowest BCUT2D eigenvalue weighted by Crippen LogP contribution is -2.17. The molecule has 0 radical (unpaired) electrons. The highest BCUT2D eigenvalue weighted by Crippen LogP contribution is 1.84. The van der Waals surface area contributed by atoms with Crippen molar-refractivity contribution in [2.24, 2.45) is 0 Å². The number of likely N-dealkylation sites (N-methyl/N-ethyl adjacent to an activating group) is 1. The maximum atomic E-state index is 10.7. The van der Waals surface area contributed by atoms with Gasteiger partial charge in [0.2, 0.25) is 5.91 Å². The predicted octanol–water partition coefficient (Wildman–Crippen LogP) is 1.16. The summed E-state index contributed by atoms with van der Waals surface area (Å²) in [5.74, 6) is -0.0486. The van der Waals surface area contributed by atoms with E-state index >= 15 is 0 Å². The van der Waals surface area contributed by atoms with E-state index in [1.54, 1.807) is 20.0 Å². The van der Waals surface area contributed by atoms with E-state index in [0.717, 1.165) is 0 Å². The molecule has 2 nitrogen and oxygen atoms in total. The smallest absolute Gasteiger partial charge is 0.249 e. The van der Waals surface area contributed by atoms with Crippen LogP contribution in [-0.2, 0) is 4.79 Å². The second-order valence-electron chi connectivity index (χ2n) is 1.63. The van der Waals surface area contributed by atoms with Crippen LogP contribution in [0, 0.1) is 0 Å². The van der Waals surface area contributed by atoms with Gasteiger partial charge in [-0.05, 0) is 19.2 Å². The van der Waals surface area contributed by atoms with Gasteiger partial charge in [-0.25, -0.2) is 0 Å². The molecule has 0 atom stereocenters. The average molecular weight is 125 g/mol. The van der Waals surface area contributed by atoms with Gasteiger partial charge in [-0.1, -0.05) is 12.7 Å². The molecule has 0 aromatic carbocycles. The third-order valence-corrected chi connectivity index (χ3v) is 0.931. The molecule has 0 aliphatic rings. The Labute approximate surface area is 55.5 Å². The Kier molecular flexibility index (Phi) is 3.44. The van der Waals surface area contributed by atoms with E-state index < -0.39 is 0 Å². The van der Waals surface area contributed by atoms with Gasteiger partial charge in [0.15, 0.2) is 0 Å². The van der Waals surface area contributed by atoms with Crippen LogP contribution in [0.25, 0.3) is 0 Å². The molecule has 0 aliphatic heterocycles. The van der Waals surface area contributed by atoms with E-state index in [4.69, 9.17) is 0 Å². The minimum atomic E-state index is -0.0486. The molecular formula is C7H11NO. The molecule has 50 valence electrons. The van der Waals surface area contributed by atoms with E-state index in [0.29, 0.717) is 0 Å².